The van der Waals surface area contributed by atoms with Crippen LogP contribution in [0.1, 0.15) is 0 Å². The zero-order valence-electron chi connectivity index (χ0n) is 24.8. The summed E-state index contributed by atoms with van der Waals surface area (Å²) in [6.07, 6.45) is 0. The molecule has 214 valence electrons. The van der Waals surface area contributed by atoms with Gasteiger partial charge in [-0.1, -0.05) is 0 Å². The molecule has 0 amide bonds. The molecule has 0 radical (unpaired) electrons. The van der Waals surface area contributed by atoms with Gasteiger partial charge in [0.25, 0.3) is 0 Å². The Hall–Kier alpha value is -4.22. The van der Waals surface area contributed by atoms with Crippen LogP contribution in [0.2, 0.25) is 0 Å². The van der Waals surface area contributed by atoms with Gasteiger partial charge in [0.1, 0.15) is 0 Å². The SMILES string of the molecule is COc1cccc(P(c2ccccc2)c2ccccc2)c1-c1c(OC)cccc1[PH](C)(c1ccccc1)c1ccccc1. The molecule has 0 aliphatic heterocycles. The van der Waals surface area contributed by atoms with Crippen LogP contribution >= 0.6 is 15.2 Å². The molecule has 0 bridgehead atoms. The molecule has 4 heteroatoms. The topological polar surface area (TPSA) is 18.5 Å². The molecule has 0 aliphatic rings. The summed E-state index contributed by atoms with van der Waals surface area (Å²) in [6.45, 7) is 2.46. The second-order valence-corrected chi connectivity index (χ2v) is 16.7. The van der Waals surface area contributed by atoms with Crippen LogP contribution in [0.15, 0.2) is 158 Å². The van der Waals surface area contributed by atoms with Crippen LogP contribution in [0.3, 0.4) is 0 Å². The van der Waals surface area contributed by atoms with E-state index in [0.717, 1.165) is 22.6 Å². The van der Waals surface area contributed by atoms with Crippen molar-refractivity contribution in [2.45, 2.75) is 0 Å². The van der Waals surface area contributed by atoms with Gasteiger partial charge >= 0.3 is 258 Å². The molecule has 0 heterocycles. The number of rotatable bonds is 9. The molecule has 6 rings (SSSR count). The molecule has 0 atom stereocenters. The number of hydrogen-bond donors (Lipinski definition) is 0. The molecule has 6 aromatic rings. The van der Waals surface area contributed by atoms with Gasteiger partial charge in [-0.15, -0.1) is 0 Å². The Morgan fingerprint density at radius 1 is 0.442 bits per heavy atom. The standard InChI is InChI=1S/C39H36O2P2/c1-40-34-26-16-28-36(42(30-18-8-4-9-19-30)31-20-10-5-11-21-31)38(34)39-35(41-2)27-17-29-37(39)43(3,32-22-12-6-13-23-32)33-24-14-7-15-25-33/h4-29,43H,1-3H3. The molecule has 0 saturated heterocycles. The summed E-state index contributed by atoms with van der Waals surface area (Å²) in [4.78, 5) is 0. The number of methoxy groups -OCH3 is 2. The molecule has 0 aromatic heterocycles. The molecular formula is C39H36O2P2. The summed E-state index contributed by atoms with van der Waals surface area (Å²) < 4.78 is 12.4. The van der Waals surface area contributed by atoms with Gasteiger partial charge in [0.05, 0.1) is 0 Å². The van der Waals surface area contributed by atoms with Crippen molar-refractivity contribution in [2.24, 2.45) is 0 Å². The molecule has 0 aliphatic carbocycles. The van der Waals surface area contributed by atoms with E-state index < -0.39 is 15.2 Å². The van der Waals surface area contributed by atoms with E-state index in [9.17, 15) is 0 Å². The van der Waals surface area contributed by atoms with E-state index >= 15 is 0 Å². The molecule has 2 nitrogen and oxygen atoms in total. The number of hydrogen-bond acceptors (Lipinski definition) is 2. The van der Waals surface area contributed by atoms with Crippen molar-refractivity contribution in [3.63, 3.8) is 0 Å². The fraction of sp³-hybridized carbons (Fsp3) is 0.0769. The molecule has 0 spiro atoms. The summed E-state index contributed by atoms with van der Waals surface area (Å²) in [6, 6.07) is 56.7. The third kappa shape index (κ3) is 5.50. The van der Waals surface area contributed by atoms with Crippen LogP contribution in [-0.2, 0) is 0 Å². The van der Waals surface area contributed by atoms with Gasteiger partial charge in [0.15, 0.2) is 0 Å². The van der Waals surface area contributed by atoms with Crippen molar-refractivity contribution >= 4 is 47.0 Å². The Labute approximate surface area is 257 Å². The van der Waals surface area contributed by atoms with E-state index in [2.05, 4.69) is 164 Å². The summed E-state index contributed by atoms with van der Waals surface area (Å²) in [5.41, 5.74) is 2.21. The van der Waals surface area contributed by atoms with Crippen molar-refractivity contribution in [1.29, 1.82) is 0 Å². The summed E-state index contributed by atoms with van der Waals surface area (Å²) in [7, 11) is 0.111. The second kappa shape index (κ2) is 13.0. The molecule has 0 saturated carbocycles. The Kier molecular flexibility index (Phi) is 8.71. The molecule has 0 N–H and O–H groups in total. The van der Waals surface area contributed by atoms with Crippen molar-refractivity contribution in [2.75, 3.05) is 20.9 Å². The van der Waals surface area contributed by atoms with E-state index in [4.69, 9.17) is 9.47 Å². The number of benzene rings is 6. The molecule has 6 aromatic carbocycles. The molecule has 0 unspecified atom stereocenters. The Bertz CT molecular complexity index is 1710. The second-order valence-electron chi connectivity index (χ2n) is 10.6. The van der Waals surface area contributed by atoms with E-state index in [1.54, 1.807) is 14.2 Å². The average molecular weight is 599 g/mol. The minimum absolute atomic E-state index is 0.847. The average Bonchev–Trinajstić information content (AvgIpc) is 3.09. The van der Waals surface area contributed by atoms with Gasteiger partial charge in [-0.05, 0) is 0 Å². The predicted molar refractivity (Wildman–Crippen MR) is 190 cm³/mol. The van der Waals surface area contributed by atoms with Crippen molar-refractivity contribution in [3.8, 4) is 22.6 Å². The molecular weight excluding hydrogens is 562 g/mol. The van der Waals surface area contributed by atoms with E-state index in [0.29, 0.717) is 0 Å². The normalized spacial score (nSPS) is 11.7. The first-order chi connectivity index (χ1) is 21.2. The van der Waals surface area contributed by atoms with E-state index in [1.807, 2.05) is 0 Å². The third-order valence-corrected chi connectivity index (χ3v) is 15.2. The summed E-state index contributed by atoms with van der Waals surface area (Å²) in [5, 5.41) is 7.82. The summed E-state index contributed by atoms with van der Waals surface area (Å²) >= 11 is 0. The van der Waals surface area contributed by atoms with E-state index in [1.165, 1.54) is 31.8 Å². The fourth-order valence-electron chi connectivity index (χ4n) is 6.11. The predicted octanol–water partition coefficient (Wildman–Crippen LogP) is 6.79. The first-order valence-corrected chi connectivity index (χ1v) is 18.4. The first kappa shape index (κ1) is 28.9. The van der Waals surface area contributed by atoms with Gasteiger partial charge in [-0.3, -0.25) is 0 Å². The van der Waals surface area contributed by atoms with Crippen LogP contribution in [0.4, 0.5) is 0 Å². The maximum atomic E-state index is 6.23. The summed E-state index contributed by atoms with van der Waals surface area (Å²) in [5.74, 6) is 1.70. The Balaban J connectivity index is 1.72. The Morgan fingerprint density at radius 2 is 0.860 bits per heavy atom. The van der Waals surface area contributed by atoms with Gasteiger partial charge in [-0.25, -0.2) is 0 Å². The zero-order chi connectivity index (χ0) is 29.6. The molecule has 43 heavy (non-hydrogen) atoms. The molecule has 0 fully saturated rings. The van der Waals surface area contributed by atoms with Crippen molar-refractivity contribution in [3.05, 3.63) is 158 Å². The van der Waals surface area contributed by atoms with Crippen LogP contribution in [0.5, 0.6) is 11.5 Å². The van der Waals surface area contributed by atoms with E-state index in [-0.39, 0.29) is 0 Å². The van der Waals surface area contributed by atoms with Gasteiger partial charge in [-0.2, -0.15) is 0 Å². The van der Waals surface area contributed by atoms with Crippen LogP contribution < -0.4 is 41.3 Å². The monoisotopic (exact) mass is 598 g/mol. The quantitative estimate of drug-likeness (QED) is 0.171. The number of ether oxygens (including phenoxy) is 2. The minimum atomic E-state index is -2.53. The van der Waals surface area contributed by atoms with Crippen LogP contribution in [-0.4, -0.2) is 20.9 Å². The van der Waals surface area contributed by atoms with Gasteiger partial charge in [0.2, 0.25) is 0 Å². The van der Waals surface area contributed by atoms with Gasteiger partial charge in [0, 0.05) is 0 Å². The Morgan fingerprint density at radius 3 is 1.33 bits per heavy atom. The van der Waals surface area contributed by atoms with Crippen LogP contribution in [0.25, 0.3) is 11.1 Å². The van der Waals surface area contributed by atoms with Gasteiger partial charge < -0.3 is 0 Å². The first-order valence-electron chi connectivity index (χ1n) is 14.5. The third-order valence-electron chi connectivity index (χ3n) is 8.23. The maximum absolute atomic E-state index is 6.23. The van der Waals surface area contributed by atoms with Crippen molar-refractivity contribution < 1.29 is 9.47 Å². The van der Waals surface area contributed by atoms with Crippen molar-refractivity contribution in [1.82, 2.24) is 0 Å². The fourth-order valence-corrected chi connectivity index (χ4v) is 12.4. The van der Waals surface area contributed by atoms with Crippen LogP contribution in [0, 0.1) is 0 Å². The zero-order valence-corrected chi connectivity index (χ0v) is 26.7.